The van der Waals surface area contributed by atoms with Gasteiger partial charge in [-0.25, -0.2) is 4.98 Å². The van der Waals surface area contributed by atoms with Crippen LogP contribution in [-0.2, 0) is 19.4 Å². The molecule has 1 N–H and O–H groups in total. The van der Waals surface area contributed by atoms with Gasteiger partial charge in [0.1, 0.15) is 18.2 Å². The van der Waals surface area contributed by atoms with E-state index >= 15 is 0 Å². The monoisotopic (exact) mass is 284 g/mol. The lowest BCUT2D eigenvalue weighted by atomic mass is 10.1. The lowest BCUT2D eigenvalue weighted by Crippen LogP contribution is -2.11. The Morgan fingerprint density at radius 2 is 2.00 bits per heavy atom. The number of aliphatic hydroxyl groups excluding tert-OH is 1. The molecule has 0 saturated heterocycles. The zero-order valence-electron chi connectivity index (χ0n) is 12.4. The maximum absolute atomic E-state index is 9.68. The third-order valence-electron chi connectivity index (χ3n) is 3.73. The van der Waals surface area contributed by atoms with E-state index < -0.39 is 0 Å². The van der Waals surface area contributed by atoms with Crippen molar-refractivity contribution in [1.29, 1.82) is 0 Å². The summed E-state index contributed by atoms with van der Waals surface area (Å²) in [6.45, 7) is 0.447. The van der Waals surface area contributed by atoms with Gasteiger partial charge in [-0.15, -0.1) is 0 Å². The maximum atomic E-state index is 9.68. The smallest absolute Gasteiger partial charge is 0.130 e. The van der Waals surface area contributed by atoms with E-state index in [0.717, 1.165) is 30.1 Å². The van der Waals surface area contributed by atoms with Gasteiger partial charge in [0.15, 0.2) is 0 Å². The number of benzene rings is 1. The van der Waals surface area contributed by atoms with E-state index in [4.69, 9.17) is 4.74 Å². The van der Waals surface area contributed by atoms with Crippen LogP contribution < -0.4 is 9.64 Å². The van der Waals surface area contributed by atoms with Crippen LogP contribution in [0.25, 0.3) is 0 Å². The van der Waals surface area contributed by atoms with Crippen molar-refractivity contribution in [2.75, 3.05) is 19.0 Å². The molecule has 1 aromatic carbocycles. The highest BCUT2D eigenvalue weighted by Crippen LogP contribution is 2.26. The molecule has 1 aliphatic carbocycles. The highest BCUT2D eigenvalue weighted by molar-refractivity contribution is 5.40. The van der Waals surface area contributed by atoms with Crippen molar-refractivity contribution >= 4 is 5.82 Å². The number of aromatic nitrogens is 1. The van der Waals surface area contributed by atoms with E-state index in [1.165, 1.54) is 11.1 Å². The molecule has 1 unspecified atom stereocenters. The van der Waals surface area contributed by atoms with Crippen LogP contribution in [0.3, 0.4) is 0 Å². The summed E-state index contributed by atoms with van der Waals surface area (Å²) in [5, 5.41) is 9.68. The summed E-state index contributed by atoms with van der Waals surface area (Å²) < 4.78 is 5.82. The van der Waals surface area contributed by atoms with Crippen LogP contribution in [0.15, 0.2) is 36.4 Å². The Hall–Kier alpha value is -2.07. The fraction of sp³-hybridized carbons (Fsp3) is 0.353. The maximum Gasteiger partial charge on any atom is 0.130 e. The Balaban J connectivity index is 1.68. The van der Waals surface area contributed by atoms with Crippen LogP contribution in [0.1, 0.15) is 16.8 Å². The molecule has 0 aliphatic heterocycles. The third-order valence-corrected chi connectivity index (χ3v) is 3.73. The Kier molecular flexibility index (Phi) is 3.80. The normalized spacial score (nSPS) is 16.6. The molecule has 3 rings (SSSR count). The zero-order chi connectivity index (χ0) is 14.8. The third kappa shape index (κ3) is 3.16. The lowest BCUT2D eigenvalue weighted by molar-refractivity contribution is 0.187. The van der Waals surface area contributed by atoms with Crippen LogP contribution in [-0.4, -0.2) is 30.3 Å². The minimum atomic E-state index is -0.242. The Morgan fingerprint density at radius 3 is 2.81 bits per heavy atom. The van der Waals surface area contributed by atoms with Gasteiger partial charge in [0, 0.05) is 14.1 Å². The highest BCUT2D eigenvalue weighted by atomic mass is 16.5. The number of aliphatic hydroxyl groups is 1. The average Bonchev–Trinajstić information content (AvgIpc) is 2.84. The molecule has 21 heavy (non-hydrogen) atoms. The number of fused-ring (bicyclic) bond motifs is 1. The molecule has 4 heteroatoms. The van der Waals surface area contributed by atoms with E-state index in [2.05, 4.69) is 4.98 Å². The Morgan fingerprint density at radius 1 is 1.19 bits per heavy atom. The second-order valence-corrected chi connectivity index (χ2v) is 5.66. The summed E-state index contributed by atoms with van der Waals surface area (Å²) in [7, 11) is 3.94. The molecule has 1 aromatic heterocycles. The van der Waals surface area contributed by atoms with Gasteiger partial charge in [0.05, 0.1) is 11.8 Å². The van der Waals surface area contributed by atoms with Crippen molar-refractivity contribution < 1.29 is 9.84 Å². The molecule has 2 aromatic rings. The van der Waals surface area contributed by atoms with Gasteiger partial charge in [0.25, 0.3) is 0 Å². The number of hydrogen-bond donors (Lipinski definition) is 1. The van der Waals surface area contributed by atoms with Crippen molar-refractivity contribution in [3.63, 3.8) is 0 Å². The predicted octanol–water partition coefficient (Wildman–Crippen LogP) is 2.19. The van der Waals surface area contributed by atoms with Gasteiger partial charge in [-0.3, -0.25) is 0 Å². The summed E-state index contributed by atoms with van der Waals surface area (Å²) in [5.74, 6) is 1.76. The number of ether oxygens (including phenoxy) is 1. The summed E-state index contributed by atoms with van der Waals surface area (Å²) in [6, 6.07) is 12.0. The summed E-state index contributed by atoms with van der Waals surface area (Å²) >= 11 is 0. The van der Waals surface area contributed by atoms with Crippen molar-refractivity contribution in [3.05, 3.63) is 53.2 Å². The first-order chi connectivity index (χ1) is 10.1. The van der Waals surface area contributed by atoms with Crippen molar-refractivity contribution in [3.8, 4) is 5.75 Å². The van der Waals surface area contributed by atoms with Crippen LogP contribution in [0, 0.1) is 0 Å². The minimum absolute atomic E-state index is 0.242. The number of anilines is 1. The number of hydrogen-bond acceptors (Lipinski definition) is 4. The molecule has 1 atom stereocenters. The average molecular weight is 284 g/mol. The fourth-order valence-electron chi connectivity index (χ4n) is 2.61. The molecule has 4 nitrogen and oxygen atoms in total. The first kappa shape index (κ1) is 13.9. The van der Waals surface area contributed by atoms with Crippen LogP contribution in [0.4, 0.5) is 5.82 Å². The molecule has 0 saturated carbocycles. The van der Waals surface area contributed by atoms with E-state index in [1.807, 2.05) is 55.4 Å². The van der Waals surface area contributed by atoms with Crippen molar-refractivity contribution in [2.45, 2.75) is 25.6 Å². The molecule has 1 heterocycles. The van der Waals surface area contributed by atoms with Crippen LogP contribution in [0.2, 0.25) is 0 Å². The largest absolute Gasteiger partial charge is 0.487 e. The molecular formula is C17H20N2O2. The molecule has 110 valence electrons. The Labute approximate surface area is 125 Å². The molecule has 0 spiro atoms. The van der Waals surface area contributed by atoms with Gasteiger partial charge in [-0.2, -0.15) is 0 Å². The first-order valence-corrected chi connectivity index (χ1v) is 7.18. The molecule has 0 fully saturated rings. The van der Waals surface area contributed by atoms with Crippen molar-refractivity contribution in [2.24, 2.45) is 0 Å². The number of rotatable bonds is 4. The molecular weight excluding hydrogens is 264 g/mol. The summed E-state index contributed by atoms with van der Waals surface area (Å²) in [4.78, 5) is 6.51. The van der Waals surface area contributed by atoms with Crippen molar-refractivity contribution in [1.82, 2.24) is 4.98 Å². The minimum Gasteiger partial charge on any atom is -0.487 e. The van der Waals surface area contributed by atoms with Gasteiger partial charge < -0.3 is 14.7 Å². The molecule has 0 bridgehead atoms. The topological polar surface area (TPSA) is 45.6 Å². The van der Waals surface area contributed by atoms with Gasteiger partial charge in [-0.05, 0) is 48.2 Å². The van der Waals surface area contributed by atoms with E-state index in [1.54, 1.807) is 0 Å². The number of nitrogens with zero attached hydrogens (tertiary/aromatic N) is 2. The van der Waals surface area contributed by atoms with E-state index in [-0.39, 0.29) is 6.10 Å². The standard InChI is InChI=1S/C17H20N2O2/c1-19(2)17-5-3-4-14(18-17)11-21-16-7-6-12-8-15(20)9-13(12)10-16/h3-7,10,15,20H,8-9,11H2,1-2H3. The molecule has 1 aliphatic rings. The highest BCUT2D eigenvalue weighted by Gasteiger charge is 2.19. The lowest BCUT2D eigenvalue weighted by Gasteiger charge is -2.13. The summed E-state index contributed by atoms with van der Waals surface area (Å²) in [6.07, 6.45) is 1.23. The van der Waals surface area contributed by atoms with E-state index in [9.17, 15) is 5.11 Å². The summed E-state index contributed by atoms with van der Waals surface area (Å²) in [5.41, 5.74) is 3.32. The SMILES string of the molecule is CN(C)c1cccc(COc2ccc3c(c2)CC(O)C3)n1. The predicted molar refractivity (Wildman–Crippen MR) is 82.8 cm³/mol. The fourth-order valence-corrected chi connectivity index (χ4v) is 2.61. The van der Waals surface area contributed by atoms with Crippen LogP contribution >= 0.6 is 0 Å². The van der Waals surface area contributed by atoms with Gasteiger partial charge in [-0.1, -0.05) is 12.1 Å². The zero-order valence-corrected chi connectivity index (χ0v) is 12.4. The first-order valence-electron chi connectivity index (χ1n) is 7.18. The van der Waals surface area contributed by atoms with E-state index in [0.29, 0.717) is 6.61 Å². The van der Waals surface area contributed by atoms with Crippen LogP contribution in [0.5, 0.6) is 5.75 Å². The Bertz CT molecular complexity index is 640. The number of pyridine rings is 1. The second-order valence-electron chi connectivity index (χ2n) is 5.66. The second kappa shape index (κ2) is 5.74. The quantitative estimate of drug-likeness (QED) is 0.935. The molecule has 0 radical (unpaired) electrons. The molecule has 0 amide bonds. The van der Waals surface area contributed by atoms with Gasteiger partial charge >= 0.3 is 0 Å². The van der Waals surface area contributed by atoms with Gasteiger partial charge in [0.2, 0.25) is 0 Å².